The largest absolute Gasteiger partial charge is 0.471 e. The predicted molar refractivity (Wildman–Crippen MR) is 105 cm³/mol. The molecule has 4 rings (SSSR count). The second-order valence-electron chi connectivity index (χ2n) is 7.03. The topological polar surface area (TPSA) is 114 Å². The van der Waals surface area contributed by atoms with Crippen LogP contribution in [0.4, 0.5) is 11.6 Å². The molecular weight excluding hydrogens is 365 g/mol. The molecule has 0 radical (unpaired) electrons. The molecule has 3 aromatic rings. The van der Waals surface area contributed by atoms with Crippen LogP contribution in [0.15, 0.2) is 18.5 Å². The molecule has 144 valence electrons. The Labute approximate surface area is 159 Å². The number of hydrogen-bond acceptors (Lipinski definition) is 7. The lowest BCUT2D eigenvalue weighted by Gasteiger charge is -2.25. The summed E-state index contributed by atoms with van der Waals surface area (Å²) in [7, 11) is 2.57. The van der Waals surface area contributed by atoms with Gasteiger partial charge in [0.1, 0.15) is 11.4 Å². The maximum Gasteiger partial charge on any atom is 0.211 e. The Hall–Kier alpha value is -2.25. The van der Waals surface area contributed by atoms with Crippen LogP contribution in [0.3, 0.4) is 0 Å². The fourth-order valence-corrected chi connectivity index (χ4v) is 3.52. The van der Waals surface area contributed by atoms with E-state index in [-0.39, 0.29) is 11.9 Å². The molecule has 10 heteroatoms. The average Bonchev–Trinajstić information content (AvgIpc) is 3.23. The highest BCUT2D eigenvalue weighted by Gasteiger charge is 2.21. The molecule has 1 saturated carbocycles. The lowest BCUT2D eigenvalue weighted by atomic mass is 9.87. The van der Waals surface area contributed by atoms with Crippen LogP contribution in [0.5, 0.6) is 5.88 Å². The van der Waals surface area contributed by atoms with E-state index >= 15 is 0 Å². The van der Waals surface area contributed by atoms with Gasteiger partial charge in [-0.15, -0.1) is 0 Å². The van der Waals surface area contributed by atoms with Gasteiger partial charge in [-0.2, -0.15) is 10.2 Å². The van der Waals surface area contributed by atoms with Crippen LogP contribution in [0.1, 0.15) is 32.6 Å². The summed E-state index contributed by atoms with van der Waals surface area (Å²) < 4.78 is 7.45. The molecule has 0 spiro atoms. The van der Waals surface area contributed by atoms with E-state index in [1.54, 1.807) is 18.5 Å². The zero-order valence-corrected chi connectivity index (χ0v) is 16.3. The molecule has 2 unspecified atom stereocenters. The predicted octanol–water partition coefficient (Wildman–Crippen LogP) is 2.44. The van der Waals surface area contributed by atoms with Gasteiger partial charge in [0.15, 0.2) is 17.3 Å². The summed E-state index contributed by atoms with van der Waals surface area (Å²) in [6.45, 7) is 2.72. The molecule has 1 aliphatic rings. The second-order valence-corrected chi connectivity index (χ2v) is 7.97. The highest BCUT2D eigenvalue weighted by atomic mass is 31.0. The summed E-state index contributed by atoms with van der Waals surface area (Å²) in [5, 5.41) is 24.3. The molecule has 0 aromatic carbocycles. The Kier molecular flexibility index (Phi) is 5.22. The van der Waals surface area contributed by atoms with E-state index in [1.807, 2.05) is 11.6 Å². The molecule has 27 heavy (non-hydrogen) atoms. The monoisotopic (exact) mass is 389 g/mol. The van der Waals surface area contributed by atoms with E-state index in [1.165, 1.54) is 0 Å². The molecule has 3 aromatic heterocycles. The van der Waals surface area contributed by atoms with Gasteiger partial charge in [-0.05, 0) is 38.5 Å². The summed E-state index contributed by atoms with van der Waals surface area (Å²) in [5.41, 5.74) is 1.51. The van der Waals surface area contributed by atoms with Crippen molar-refractivity contribution in [1.82, 2.24) is 29.9 Å². The van der Waals surface area contributed by atoms with Crippen molar-refractivity contribution in [2.24, 2.45) is 5.92 Å². The first-order valence-corrected chi connectivity index (χ1v) is 9.85. The van der Waals surface area contributed by atoms with Crippen LogP contribution in [0, 0.1) is 5.92 Å². The number of anilines is 2. The molecule has 0 saturated heterocycles. The lowest BCUT2D eigenvalue weighted by Crippen LogP contribution is -2.22. The Morgan fingerprint density at radius 1 is 1.33 bits per heavy atom. The van der Waals surface area contributed by atoms with Gasteiger partial charge in [-0.3, -0.25) is 0 Å². The van der Waals surface area contributed by atoms with Gasteiger partial charge in [-0.25, -0.2) is 19.7 Å². The van der Waals surface area contributed by atoms with Gasteiger partial charge in [-0.1, -0.05) is 9.24 Å². The van der Waals surface area contributed by atoms with Crippen molar-refractivity contribution in [1.29, 1.82) is 0 Å². The van der Waals surface area contributed by atoms with Gasteiger partial charge < -0.3 is 15.2 Å². The summed E-state index contributed by atoms with van der Waals surface area (Å²) in [6.07, 6.45) is 7.00. The van der Waals surface area contributed by atoms with Gasteiger partial charge in [0.25, 0.3) is 0 Å². The number of ether oxygens (including phenoxy) is 1. The fourth-order valence-electron chi connectivity index (χ4n) is 3.37. The Bertz CT molecular complexity index is 902. The number of hydrogen-bond donors (Lipinski definition) is 3. The number of rotatable bonds is 6. The average molecular weight is 389 g/mol. The molecule has 0 bridgehead atoms. The van der Waals surface area contributed by atoms with Crippen molar-refractivity contribution in [3.05, 3.63) is 18.5 Å². The molecule has 0 amide bonds. The van der Waals surface area contributed by atoms with Gasteiger partial charge in [0.05, 0.1) is 18.5 Å². The summed E-state index contributed by atoms with van der Waals surface area (Å²) in [5.74, 6) is 2.29. The maximum atomic E-state index is 9.68. The molecule has 2 atom stereocenters. The van der Waals surface area contributed by atoms with Crippen molar-refractivity contribution >= 4 is 32.0 Å². The number of nitrogens with one attached hydrogen (secondary N) is 2. The zero-order chi connectivity index (χ0) is 18.8. The van der Waals surface area contributed by atoms with Crippen LogP contribution >= 0.6 is 9.24 Å². The van der Waals surface area contributed by atoms with E-state index < -0.39 is 0 Å². The normalized spacial score (nSPS) is 21.3. The van der Waals surface area contributed by atoms with Crippen molar-refractivity contribution in [2.75, 3.05) is 5.32 Å². The third-order valence-corrected chi connectivity index (χ3v) is 4.85. The summed E-state index contributed by atoms with van der Waals surface area (Å²) in [4.78, 5) is 9.10. The minimum Gasteiger partial charge on any atom is -0.471 e. The number of fused-ring (bicyclic) bond motifs is 1. The summed E-state index contributed by atoms with van der Waals surface area (Å²) >= 11 is 0. The zero-order valence-electron chi connectivity index (χ0n) is 15.2. The Morgan fingerprint density at radius 3 is 2.93 bits per heavy atom. The minimum absolute atomic E-state index is 0.00954. The first kappa shape index (κ1) is 18.1. The fraction of sp³-hybridized carbons (Fsp3) is 0.529. The van der Waals surface area contributed by atoms with Crippen LogP contribution in [0.2, 0.25) is 0 Å². The van der Waals surface area contributed by atoms with Crippen molar-refractivity contribution in [2.45, 2.75) is 51.1 Å². The van der Waals surface area contributed by atoms with Crippen LogP contribution < -0.4 is 10.1 Å². The minimum atomic E-state index is -0.150. The van der Waals surface area contributed by atoms with E-state index in [2.05, 4.69) is 39.8 Å². The molecule has 1 aliphatic carbocycles. The van der Waals surface area contributed by atoms with E-state index in [4.69, 9.17) is 4.74 Å². The van der Waals surface area contributed by atoms with Crippen molar-refractivity contribution < 1.29 is 9.84 Å². The number of nitrogens with zero attached hydrogens (tertiary/aromatic N) is 5. The molecule has 3 heterocycles. The smallest absolute Gasteiger partial charge is 0.211 e. The van der Waals surface area contributed by atoms with Crippen molar-refractivity contribution in [3.8, 4) is 5.88 Å². The van der Waals surface area contributed by atoms with E-state index in [9.17, 15) is 5.11 Å². The molecule has 3 N–H and O–H groups in total. The van der Waals surface area contributed by atoms with Crippen LogP contribution in [-0.4, -0.2) is 47.0 Å². The SMILES string of the molecule is CC(P)Oc1cc(Nc2cnc3cnn(C[C@H]4CC[C@@H](O)CC4)c3n2)n[nH]1. The quantitative estimate of drug-likeness (QED) is 0.555. The maximum absolute atomic E-state index is 9.68. The number of H-pyrrole nitrogens is 1. The van der Waals surface area contributed by atoms with E-state index in [0.717, 1.165) is 43.4 Å². The Morgan fingerprint density at radius 2 is 2.15 bits per heavy atom. The number of aliphatic hydroxyl groups is 1. The summed E-state index contributed by atoms with van der Waals surface area (Å²) in [6, 6.07) is 1.77. The highest BCUT2D eigenvalue weighted by molar-refractivity contribution is 7.17. The number of aromatic nitrogens is 6. The first-order valence-electron chi connectivity index (χ1n) is 9.18. The standard InChI is InChI=1S/C17H24N7O2P/c1-10(27)26-16-6-14(22-23-16)20-15-8-18-13-7-19-24(17(13)21-15)9-11-2-4-12(25)5-3-11/h6-8,10-12,25H,2-5,9,27H2,1H3,(H2,20,21,22,23)/t10?,11-,12+. The molecule has 0 aliphatic heterocycles. The van der Waals surface area contributed by atoms with Crippen molar-refractivity contribution in [3.63, 3.8) is 0 Å². The molecular formula is C17H24N7O2P. The highest BCUT2D eigenvalue weighted by Crippen LogP contribution is 2.26. The van der Waals surface area contributed by atoms with Crippen LogP contribution in [0.25, 0.3) is 11.2 Å². The van der Waals surface area contributed by atoms with Gasteiger partial charge in [0, 0.05) is 12.6 Å². The molecule has 1 fully saturated rings. The van der Waals surface area contributed by atoms with Gasteiger partial charge in [0.2, 0.25) is 5.88 Å². The number of aromatic amines is 1. The Balaban J connectivity index is 1.49. The van der Waals surface area contributed by atoms with Gasteiger partial charge >= 0.3 is 0 Å². The third-order valence-electron chi connectivity index (χ3n) is 4.72. The van der Waals surface area contributed by atoms with E-state index in [0.29, 0.717) is 23.4 Å². The second kappa shape index (κ2) is 7.78. The lowest BCUT2D eigenvalue weighted by molar-refractivity contribution is 0.103. The first-order chi connectivity index (χ1) is 13.1. The number of aliphatic hydroxyl groups excluding tert-OH is 1. The van der Waals surface area contributed by atoms with Crippen LogP contribution in [-0.2, 0) is 6.54 Å². The molecule has 9 nitrogen and oxygen atoms in total. The third kappa shape index (κ3) is 4.36.